The van der Waals surface area contributed by atoms with Gasteiger partial charge in [0, 0.05) is 24.2 Å². The van der Waals surface area contributed by atoms with Crippen LogP contribution < -0.4 is 5.32 Å². The minimum atomic E-state index is -0.459. The SMILES string of the molecule is CC(C)n1ncc2c1C[C@H](NC(=O)OC(C)(C)C)CCC2. The van der Waals surface area contributed by atoms with Gasteiger partial charge in [0.15, 0.2) is 0 Å². The lowest BCUT2D eigenvalue weighted by molar-refractivity contribution is 0.0501. The Kier molecular flexibility index (Phi) is 4.59. The number of alkyl carbamates (subject to hydrolysis) is 1. The van der Waals surface area contributed by atoms with Crippen molar-refractivity contribution < 1.29 is 9.53 Å². The molecule has 0 saturated carbocycles. The van der Waals surface area contributed by atoms with Crippen molar-refractivity contribution in [2.24, 2.45) is 0 Å². The van der Waals surface area contributed by atoms with Crippen molar-refractivity contribution >= 4 is 6.09 Å². The van der Waals surface area contributed by atoms with E-state index in [0.29, 0.717) is 6.04 Å². The van der Waals surface area contributed by atoms with Gasteiger partial charge in [-0.05, 0) is 59.4 Å². The maximum absolute atomic E-state index is 12.0. The van der Waals surface area contributed by atoms with Gasteiger partial charge in [0.1, 0.15) is 5.60 Å². The van der Waals surface area contributed by atoms with E-state index in [1.54, 1.807) is 0 Å². The molecule has 1 amide bonds. The molecule has 0 fully saturated rings. The summed E-state index contributed by atoms with van der Waals surface area (Å²) in [6.07, 6.45) is 5.56. The van der Waals surface area contributed by atoms with E-state index in [1.807, 2.05) is 27.0 Å². The lowest BCUT2D eigenvalue weighted by Gasteiger charge is -2.23. The Balaban J connectivity index is 2.06. The molecule has 0 radical (unpaired) electrons. The van der Waals surface area contributed by atoms with E-state index in [9.17, 15) is 4.79 Å². The molecule has 0 aliphatic heterocycles. The zero-order chi connectivity index (χ0) is 15.6. The molecule has 0 unspecified atom stereocenters. The minimum absolute atomic E-state index is 0.121. The molecule has 1 aliphatic rings. The molecule has 1 aliphatic carbocycles. The highest BCUT2D eigenvalue weighted by Gasteiger charge is 2.24. The Morgan fingerprint density at radius 3 is 2.81 bits per heavy atom. The summed E-state index contributed by atoms with van der Waals surface area (Å²) in [7, 11) is 0. The van der Waals surface area contributed by atoms with Gasteiger partial charge in [0.25, 0.3) is 0 Å². The number of rotatable bonds is 2. The second-order valence-corrected chi connectivity index (χ2v) is 7.09. The molecule has 0 saturated heterocycles. The quantitative estimate of drug-likeness (QED) is 0.852. The van der Waals surface area contributed by atoms with Crippen LogP contribution in [0.2, 0.25) is 0 Å². The van der Waals surface area contributed by atoms with E-state index in [4.69, 9.17) is 4.74 Å². The van der Waals surface area contributed by atoms with Crippen LogP contribution in [0.15, 0.2) is 6.20 Å². The number of fused-ring (bicyclic) bond motifs is 1. The standard InChI is InChI=1S/C16H27N3O2/c1-11(2)19-14-9-13(8-6-7-12(14)10-17-19)18-15(20)21-16(3,4)5/h10-11,13H,6-9H2,1-5H3,(H,18,20)/t13-/m1/s1. The van der Waals surface area contributed by atoms with Gasteiger partial charge in [-0.15, -0.1) is 0 Å². The Labute approximate surface area is 127 Å². The Bertz CT molecular complexity index is 500. The number of nitrogens with zero attached hydrogens (tertiary/aromatic N) is 2. The van der Waals surface area contributed by atoms with Crippen molar-refractivity contribution in [1.82, 2.24) is 15.1 Å². The highest BCUT2D eigenvalue weighted by molar-refractivity contribution is 5.68. The number of hydrogen-bond donors (Lipinski definition) is 1. The molecule has 1 aromatic rings. The molecule has 5 heteroatoms. The fourth-order valence-corrected chi connectivity index (χ4v) is 2.77. The molecule has 0 bridgehead atoms. The fourth-order valence-electron chi connectivity index (χ4n) is 2.77. The topological polar surface area (TPSA) is 56.2 Å². The van der Waals surface area contributed by atoms with Crippen LogP contribution >= 0.6 is 0 Å². The zero-order valence-electron chi connectivity index (χ0n) is 13.8. The van der Waals surface area contributed by atoms with Crippen molar-refractivity contribution in [2.75, 3.05) is 0 Å². The number of ether oxygens (including phenoxy) is 1. The summed E-state index contributed by atoms with van der Waals surface area (Å²) in [5.74, 6) is 0. The molecular weight excluding hydrogens is 266 g/mol. The van der Waals surface area contributed by atoms with Gasteiger partial charge >= 0.3 is 6.09 Å². The number of nitrogens with one attached hydrogen (secondary N) is 1. The van der Waals surface area contributed by atoms with Crippen molar-refractivity contribution in [1.29, 1.82) is 0 Å². The first-order valence-corrected chi connectivity index (χ1v) is 7.81. The normalized spacial score (nSPS) is 19.0. The summed E-state index contributed by atoms with van der Waals surface area (Å²) in [5, 5.41) is 7.49. The minimum Gasteiger partial charge on any atom is -0.444 e. The van der Waals surface area contributed by atoms with E-state index in [0.717, 1.165) is 25.7 Å². The highest BCUT2D eigenvalue weighted by Crippen LogP contribution is 2.23. The van der Waals surface area contributed by atoms with Crippen molar-refractivity contribution in [2.45, 2.75) is 78.0 Å². The van der Waals surface area contributed by atoms with Crippen LogP contribution in [0.25, 0.3) is 0 Å². The van der Waals surface area contributed by atoms with Crippen LogP contribution in [0.5, 0.6) is 0 Å². The number of carbonyl (C=O) groups is 1. The lowest BCUT2D eigenvalue weighted by Crippen LogP contribution is -2.40. The van der Waals surface area contributed by atoms with E-state index in [1.165, 1.54) is 11.3 Å². The van der Waals surface area contributed by atoms with Gasteiger partial charge in [0.05, 0.1) is 6.20 Å². The molecule has 1 N–H and O–H groups in total. The van der Waals surface area contributed by atoms with Crippen LogP contribution in [0, 0.1) is 0 Å². The van der Waals surface area contributed by atoms with E-state index in [2.05, 4.69) is 28.9 Å². The van der Waals surface area contributed by atoms with Crippen LogP contribution in [0.4, 0.5) is 4.79 Å². The number of carbonyl (C=O) groups excluding carboxylic acids is 1. The largest absolute Gasteiger partial charge is 0.444 e. The van der Waals surface area contributed by atoms with Gasteiger partial charge in [-0.25, -0.2) is 4.79 Å². The van der Waals surface area contributed by atoms with E-state index < -0.39 is 5.60 Å². The van der Waals surface area contributed by atoms with Gasteiger partial charge in [0.2, 0.25) is 0 Å². The summed E-state index contributed by atoms with van der Waals surface area (Å²) in [5.41, 5.74) is 2.11. The fraction of sp³-hybridized carbons (Fsp3) is 0.750. The number of aromatic nitrogens is 2. The van der Waals surface area contributed by atoms with Crippen LogP contribution in [0.1, 0.15) is 64.8 Å². The summed E-state index contributed by atoms with van der Waals surface area (Å²) in [6, 6.07) is 0.462. The summed E-state index contributed by atoms with van der Waals surface area (Å²) >= 11 is 0. The van der Waals surface area contributed by atoms with Crippen LogP contribution in [0.3, 0.4) is 0 Å². The maximum atomic E-state index is 12.0. The molecule has 21 heavy (non-hydrogen) atoms. The second-order valence-electron chi connectivity index (χ2n) is 7.09. The van der Waals surface area contributed by atoms with Gasteiger partial charge in [-0.2, -0.15) is 5.10 Å². The first kappa shape index (κ1) is 15.9. The first-order valence-electron chi connectivity index (χ1n) is 7.81. The maximum Gasteiger partial charge on any atom is 0.407 e. The Morgan fingerprint density at radius 2 is 2.19 bits per heavy atom. The highest BCUT2D eigenvalue weighted by atomic mass is 16.6. The monoisotopic (exact) mass is 293 g/mol. The molecule has 118 valence electrons. The van der Waals surface area contributed by atoms with Crippen molar-refractivity contribution in [3.8, 4) is 0 Å². The third-order valence-electron chi connectivity index (χ3n) is 3.63. The Morgan fingerprint density at radius 1 is 1.48 bits per heavy atom. The summed E-state index contributed by atoms with van der Waals surface area (Å²) in [6.45, 7) is 9.91. The molecule has 0 aromatic carbocycles. The molecule has 5 nitrogen and oxygen atoms in total. The predicted molar refractivity (Wildman–Crippen MR) is 82.4 cm³/mol. The van der Waals surface area contributed by atoms with Crippen molar-refractivity contribution in [3.63, 3.8) is 0 Å². The Hall–Kier alpha value is -1.52. The van der Waals surface area contributed by atoms with Crippen LogP contribution in [-0.4, -0.2) is 27.5 Å². The smallest absolute Gasteiger partial charge is 0.407 e. The lowest BCUT2D eigenvalue weighted by atomic mass is 10.1. The number of hydrogen-bond acceptors (Lipinski definition) is 3. The van der Waals surface area contributed by atoms with Crippen LogP contribution in [-0.2, 0) is 17.6 Å². The predicted octanol–water partition coefficient (Wildman–Crippen LogP) is 3.24. The molecule has 2 rings (SSSR count). The van der Waals surface area contributed by atoms with E-state index in [-0.39, 0.29) is 12.1 Å². The third kappa shape index (κ3) is 4.22. The van der Waals surface area contributed by atoms with Crippen molar-refractivity contribution in [3.05, 3.63) is 17.5 Å². The van der Waals surface area contributed by atoms with Gasteiger partial charge < -0.3 is 10.1 Å². The van der Waals surface area contributed by atoms with Gasteiger partial charge in [-0.3, -0.25) is 4.68 Å². The molecular formula is C16H27N3O2. The molecule has 1 atom stereocenters. The molecule has 1 aromatic heterocycles. The number of aryl methyl sites for hydroxylation is 1. The first-order chi connectivity index (χ1) is 9.76. The average molecular weight is 293 g/mol. The molecule has 1 heterocycles. The summed E-state index contributed by atoms with van der Waals surface area (Å²) < 4.78 is 7.43. The third-order valence-corrected chi connectivity index (χ3v) is 3.63. The zero-order valence-corrected chi connectivity index (χ0v) is 13.8. The van der Waals surface area contributed by atoms with E-state index >= 15 is 0 Å². The average Bonchev–Trinajstić information content (AvgIpc) is 2.60. The number of amides is 1. The summed E-state index contributed by atoms with van der Waals surface area (Å²) in [4.78, 5) is 12.0. The molecule has 0 spiro atoms. The second kappa shape index (κ2) is 6.08. The van der Waals surface area contributed by atoms with Gasteiger partial charge in [-0.1, -0.05) is 0 Å².